The first kappa shape index (κ1) is 22.1. The van der Waals surface area contributed by atoms with Gasteiger partial charge in [0.1, 0.15) is 17.6 Å². The van der Waals surface area contributed by atoms with E-state index in [1.165, 1.54) is 26.4 Å². The molecule has 0 saturated carbocycles. The molecule has 0 bridgehead atoms. The van der Waals surface area contributed by atoms with Crippen LogP contribution in [0.5, 0.6) is 11.5 Å². The number of carbonyl (C=O) groups is 1. The first-order valence-corrected chi connectivity index (χ1v) is 10.4. The summed E-state index contributed by atoms with van der Waals surface area (Å²) in [5.41, 5.74) is 2.11. The van der Waals surface area contributed by atoms with E-state index in [1.54, 1.807) is 31.4 Å². The molecule has 2 aromatic rings. The Balaban J connectivity index is 1.57. The molecule has 2 amide bonds. The van der Waals surface area contributed by atoms with E-state index in [-0.39, 0.29) is 6.54 Å². The van der Waals surface area contributed by atoms with Gasteiger partial charge in [-0.15, -0.1) is 0 Å². The Bertz CT molecular complexity index is 871. The molecule has 3 rings (SSSR count). The summed E-state index contributed by atoms with van der Waals surface area (Å²) in [6.07, 6.45) is 2.63. The van der Waals surface area contributed by atoms with Crippen LogP contribution in [0.4, 0.5) is 16.2 Å². The van der Waals surface area contributed by atoms with Gasteiger partial charge in [-0.05, 0) is 55.7 Å². The summed E-state index contributed by atoms with van der Waals surface area (Å²) in [6, 6.07) is 10.2. The first-order chi connectivity index (χ1) is 14.5. The summed E-state index contributed by atoms with van der Waals surface area (Å²) in [7, 11) is 3.07. The van der Waals surface area contributed by atoms with E-state index in [2.05, 4.69) is 15.5 Å². The molecular formula is C22H28ClN3O4. The number of methoxy groups -OCH3 is 2. The van der Waals surface area contributed by atoms with Crippen LogP contribution in [0.1, 0.15) is 30.9 Å². The third-order valence-corrected chi connectivity index (χ3v) is 5.46. The first-order valence-electron chi connectivity index (χ1n) is 10.0. The summed E-state index contributed by atoms with van der Waals surface area (Å²) in [5, 5.41) is 16.5. The molecule has 1 heterocycles. The SMILES string of the molecule is COc1ccc(OC)c(C(O)CNC(=O)Nc2ccc(N3CCCCC3)c(Cl)c2)c1. The summed E-state index contributed by atoms with van der Waals surface area (Å²) >= 11 is 6.44. The highest BCUT2D eigenvalue weighted by atomic mass is 35.5. The average molecular weight is 434 g/mol. The Morgan fingerprint density at radius 2 is 1.90 bits per heavy atom. The predicted molar refractivity (Wildman–Crippen MR) is 119 cm³/mol. The average Bonchev–Trinajstić information content (AvgIpc) is 2.77. The molecule has 1 aliphatic rings. The van der Waals surface area contributed by atoms with Crippen molar-refractivity contribution in [2.24, 2.45) is 0 Å². The number of piperidine rings is 1. The minimum Gasteiger partial charge on any atom is -0.497 e. The van der Waals surface area contributed by atoms with Crippen molar-refractivity contribution in [2.45, 2.75) is 25.4 Å². The van der Waals surface area contributed by atoms with Crippen molar-refractivity contribution >= 4 is 29.0 Å². The Morgan fingerprint density at radius 1 is 1.13 bits per heavy atom. The quantitative estimate of drug-likeness (QED) is 0.609. The zero-order valence-corrected chi connectivity index (χ0v) is 18.0. The van der Waals surface area contributed by atoms with Crippen molar-refractivity contribution < 1.29 is 19.4 Å². The van der Waals surface area contributed by atoms with Crippen molar-refractivity contribution in [3.63, 3.8) is 0 Å². The summed E-state index contributed by atoms with van der Waals surface area (Å²) < 4.78 is 10.5. The van der Waals surface area contributed by atoms with Gasteiger partial charge in [0.2, 0.25) is 0 Å². The summed E-state index contributed by atoms with van der Waals surface area (Å²) in [6.45, 7) is 2.01. The fourth-order valence-corrected chi connectivity index (χ4v) is 3.85. The molecule has 0 aromatic heterocycles. The van der Waals surface area contributed by atoms with E-state index in [1.807, 2.05) is 12.1 Å². The number of urea groups is 1. The molecule has 0 radical (unpaired) electrons. The highest BCUT2D eigenvalue weighted by Crippen LogP contribution is 2.31. The van der Waals surface area contributed by atoms with Crippen molar-refractivity contribution in [1.82, 2.24) is 5.32 Å². The maximum absolute atomic E-state index is 12.3. The maximum atomic E-state index is 12.3. The highest BCUT2D eigenvalue weighted by Gasteiger charge is 2.17. The standard InChI is InChI=1S/C22H28ClN3O4/c1-29-16-7-9-21(30-2)17(13-16)20(27)14-24-22(28)25-15-6-8-19(18(23)12-15)26-10-4-3-5-11-26/h6-9,12-13,20,27H,3-5,10-11,14H2,1-2H3,(H2,24,25,28). The van der Waals surface area contributed by atoms with Gasteiger partial charge in [-0.1, -0.05) is 11.6 Å². The number of hydrogen-bond donors (Lipinski definition) is 3. The fourth-order valence-electron chi connectivity index (χ4n) is 3.55. The number of rotatable bonds is 7. The summed E-state index contributed by atoms with van der Waals surface area (Å²) in [4.78, 5) is 14.6. The van der Waals surface area contributed by atoms with Gasteiger partial charge in [-0.2, -0.15) is 0 Å². The Kier molecular flexibility index (Phi) is 7.65. The number of carbonyl (C=O) groups excluding carboxylic acids is 1. The number of amides is 2. The second kappa shape index (κ2) is 10.4. The topological polar surface area (TPSA) is 83.1 Å². The van der Waals surface area contributed by atoms with Gasteiger partial charge in [0.15, 0.2) is 0 Å². The predicted octanol–water partition coefficient (Wildman–Crippen LogP) is 4.20. The number of halogens is 1. The Morgan fingerprint density at radius 3 is 2.57 bits per heavy atom. The van der Waals surface area contributed by atoms with E-state index in [4.69, 9.17) is 21.1 Å². The van der Waals surface area contributed by atoms with Crippen LogP contribution in [-0.2, 0) is 0 Å². The van der Waals surface area contributed by atoms with Gasteiger partial charge in [0, 0.05) is 30.9 Å². The normalized spacial score (nSPS) is 14.7. The monoisotopic (exact) mass is 433 g/mol. The van der Waals surface area contributed by atoms with E-state index in [0.29, 0.717) is 27.8 Å². The Hall–Kier alpha value is -2.64. The molecule has 3 N–H and O–H groups in total. The largest absolute Gasteiger partial charge is 0.497 e. The third-order valence-electron chi connectivity index (χ3n) is 5.15. The van der Waals surface area contributed by atoms with Gasteiger partial charge in [0.05, 0.1) is 24.9 Å². The molecule has 162 valence electrons. The minimum atomic E-state index is -0.953. The van der Waals surface area contributed by atoms with E-state index < -0.39 is 12.1 Å². The minimum absolute atomic E-state index is 0.00888. The number of benzene rings is 2. The van der Waals surface area contributed by atoms with Crippen molar-refractivity contribution in [3.05, 3.63) is 47.0 Å². The van der Waals surface area contributed by atoms with Crippen LogP contribution < -0.4 is 25.0 Å². The number of aliphatic hydroxyl groups excluding tert-OH is 1. The van der Waals surface area contributed by atoms with Crippen LogP contribution in [0.25, 0.3) is 0 Å². The summed E-state index contributed by atoms with van der Waals surface area (Å²) in [5.74, 6) is 1.11. The molecule has 7 nitrogen and oxygen atoms in total. The second-order valence-electron chi connectivity index (χ2n) is 7.17. The van der Waals surface area contributed by atoms with Crippen LogP contribution in [-0.4, -0.2) is 45.0 Å². The molecule has 1 atom stereocenters. The van der Waals surface area contributed by atoms with Crippen molar-refractivity contribution in [1.29, 1.82) is 0 Å². The van der Waals surface area contributed by atoms with Gasteiger partial charge in [-0.3, -0.25) is 0 Å². The number of nitrogens with one attached hydrogen (secondary N) is 2. The lowest BCUT2D eigenvalue weighted by molar-refractivity contribution is 0.170. The van der Waals surface area contributed by atoms with E-state index in [9.17, 15) is 9.90 Å². The second-order valence-corrected chi connectivity index (χ2v) is 7.58. The molecular weight excluding hydrogens is 406 g/mol. The molecule has 8 heteroatoms. The molecule has 2 aromatic carbocycles. The number of nitrogens with zero attached hydrogens (tertiary/aromatic N) is 1. The van der Waals surface area contributed by atoms with Gasteiger partial charge < -0.3 is 30.1 Å². The lowest BCUT2D eigenvalue weighted by Crippen LogP contribution is -2.32. The molecule has 0 spiro atoms. The zero-order valence-electron chi connectivity index (χ0n) is 17.3. The maximum Gasteiger partial charge on any atom is 0.319 e. The Labute approximate surface area is 181 Å². The molecule has 1 unspecified atom stereocenters. The van der Waals surface area contributed by atoms with Gasteiger partial charge >= 0.3 is 6.03 Å². The highest BCUT2D eigenvalue weighted by molar-refractivity contribution is 6.33. The van der Waals surface area contributed by atoms with Crippen LogP contribution >= 0.6 is 11.6 Å². The number of aliphatic hydroxyl groups is 1. The van der Waals surface area contributed by atoms with Crippen LogP contribution in [0.3, 0.4) is 0 Å². The van der Waals surface area contributed by atoms with Gasteiger partial charge in [-0.25, -0.2) is 4.79 Å². The smallest absolute Gasteiger partial charge is 0.319 e. The number of hydrogen-bond acceptors (Lipinski definition) is 5. The molecule has 30 heavy (non-hydrogen) atoms. The van der Waals surface area contributed by atoms with Crippen LogP contribution in [0, 0.1) is 0 Å². The zero-order chi connectivity index (χ0) is 21.5. The number of ether oxygens (including phenoxy) is 2. The molecule has 0 aliphatic carbocycles. The number of anilines is 2. The van der Waals surface area contributed by atoms with Crippen LogP contribution in [0.2, 0.25) is 5.02 Å². The third kappa shape index (κ3) is 5.49. The fraction of sp³-hybridized carbons (Fsp3) is 0.409. The molecule has 1 fully saturated rings. The van der Waals surface area contributed by atoms with Gasteiger partial charge in [0.25, 0.3) is 0 Å². The van der Waals surface area contributed by atoms with E-state index >= 15 is 0 Å². The lowest BCUT2D eigenvalue weighted by Gasteiger charge is -2.29. The van der Waals surface area contributed by atoms with Crippen molar-refractivity contribution in [3.8, 4) is 11.5 Å². The lowest BCUT2D eigenvalue weighted by atomic mass is 10.1. The van der Waals surface area contributed by atoms with E-state index in [0.717, 1.165) is 18.8 Å². The van der Waals surface area contributed by atoms with Crippen molar-refractivity contribution in [2.75, 3.05) is 44.1 Å². The van der Waals surface area contributed by atoms with Crippen LogP contribution in [0.15, 0.2) is 36.4 Å². The molecule has 1 saturated heterocycles. The molecule has 1 aliphatic heterocycles.